The van der Waals surface area contributed by atoms with Gasteiger partial charge < -0.3 is 9.64 Å². The lowest BCUT2D eigenvalue weighted by molar-refractivity contribution is 0.279. The molecule has 0 radical (unpaired) electrons. The van der Waals surface area contributed by atoms with Crippen LogP contribution in [0.1, 0.15) is 52.0 Å². The van der Waals surface area contributed by atoms with Crippen LogP contribution in [-0.2, 0) is 5.41 Å². The van der Waals surface area contributed by atoms with E-state index in [0.717, 1.165) is 18.8 Å². The van der Waals surface area contributed by atoms with Crippen LogP contribution in [0.5, 0.6) is 5.75 Å². The van der Waals surface area contributed by atoms with Gasteiger partial charge in [0.25, 0.3) is 0 Å². The summed E-state index contributed by atoms with van der Waals surface area (Å²) < 4.78 is 5.89. The van der Waals surface area contributed by atoms with Gasteiger partial charge in [-0.3, -0.25) is 0 Å². The molecule has 2 heteroatoms. The van der Waals surface area contributed by atoms with Gasteiger partial charge in [0.15, 0.2) is 0 Å². The summed E-state index contributed by atoms with van der Waals surface area (Å²) in [7, 11) is 0. The van der Waals surface area contributed by atoms with Gasteiger partial charge >= 0.3 is 0 Å². The van der Waals surface area contributed by atoms with Crippen molar-refractivity contribution in [2.24, 2.45) is 0 Å². The first-order valence-electron chi connectivity index (χ1n) is 8.01. The molecule has 1 fully saturated rings. The Kier molecular flexibility index (Phi) is 5.47. The van der Waals surface area contributed by atoms with Crippen LogP contribution < -0.4 is 4.74 Å². The first-order valence-corrected chi connectivity index (χ1v) is 8.01. The Labute approximate surface area is 124 Å². The highest BCUT2D eigenvalue weighted by Gasteiger charge is 2.14. The fraction of sp³-hybridized carbons (Fsp3) is 0.667. The van der Waals surface area contributed by atoms with Crippen LogP contribution >= 0.6 is 0 Å². The van der Waals surface area contributed by atoms with Crippen LogP contribution in [0.3, 0.4) is 0 Å². The standard InChI is InChI=1S/C18H29NO/c1-18(2,3)16-9-8-10-17(15-16)20-14-7-6-13-19-11-4-5-12-19/h8-10,15H,4-7,11-14H2,1-3H3. The van der Waals surface area contributed by atoms with E-state index in [9.17, 15) is 0 Å². The van der Waals surface area contributed by atoms with E-state index in [4.69, 9.17) is 4.74 Å². The summed E-state index contributed by atoms with van der Waals surface area (Å²) in [6.07, 6.45) is 5.17. The van der Waals surface area contributed by atoms with E-state index in [-0.39, 0.29) is 5.41 Å². The molecular weight excluding hydrogens is 246 g/mol. The van der Waals surface area contributed by atoms with Gasteiger partial charge in [-0.1, -0.05) is 32.9 Å². The zero-order valence-corrected chi connectivity index (χ0v) is 13.3. The number of ether oxygens (including phenoxy) is 1. The van der Waals surface area contributed by atoms with Gasteiger partial charge in [0.05, 0.1) is 6.61 Å². The van der Waals surface area contributed by atoms with Crippen molar-refractivity contribution in [2.45, 2.75) is 51.9 Å². The van der Waals surface area contributed by atoms with Crippen LogP contribution in [0.15, 0.2) is 24.3 Å². The number of benzene rings is 1. The average Bonchev–Trinajstić information content (AvgIpc) is 2.91. The monoisotopic (exact) mass is 275 g/mol. The maximum Gasteiger partial charge on any atom is 0.119 e. The van der Waals surface area contributed by atoms with Crippen molar-refractivity contribution in [3.05, 3.63) is 29.8 Å². The third-order valence-corrected chi connectivity index (χ3v) is 4.04. The van der Waals surface area contributed by atoms with E-state index < -0.39 is 0 Å². The molecule has 0 N–H and O–H groups in total. The second-order valence-corrected chi connectivity index (χ2v) is 6.88. The van der Waals surface area contributed by atoms with Gasteiger partial charge in [0, 0.05) is 0 Å². The van der Waals surface area contributed by atoms with Crippen molar-refractivity contribution in [1.29, 1.82) is 0 Å². The van der Waals surface area contributed by atoms with Crippen LogP contribution in [0.4, 0.5) is 0 Å². The van der Waals surface area contributed by atoms with E-state index >= 15 is 0 Å². The molecule has 0 aromatic heterocycles. The van der Waals surface area contributed by atoms with Gasteiger partial charge in [-0.15, -0.1) is 0 Å². The van der Waals surface area contributed by atoms with Gasteiger partial charge in [0.1, 0.15) is 5.75 Å². The molecule has 0 bridgehead atoms. The van der Waals surface area contributed by atoms with Gasteiger partial charge in [0.2, 0.25) is 0 Å². The fourth-order valence-corrected chi connectivity index (χ4v) is 2.69. The predicted octanol–water partition coefficient (Wildman–Crippen LogP) is 4.24. The second kappa shape index (κ2) is 7.12. The quantitative estimate of drug-likeness (QED) is 0.720. The summed E-state index contributed by atoms with van der Waals surface area (Å²) in [4.78, 5) is 2.57. The molecule has 0 atom stereocenters. The summed E-state index contributed by atoms with van der Waals surface area (Å²) in [6.45, 7) is 11.4. The van der Waals surface area contributed by atoms with Crippen LogP contribution in [0.2, 0.25) is 0 Å². The lowest BCUT2D eigenvalue weighted by Crippen LogP contribution is -2.20. The highest BCUT2D eigenvalue weighted by atomic mass is 16.5. The Balaban J connectivity index is 1.68. The van der Waals surface area contributed by atoms with Gasteiger partial charge in [-0.2, -0.15) is 0 Å². The minimum Gasteiger partial charge on any atom is -0.494 e. The molecule has 1 aromatic carbocycles. The fourth-order valence-electron chi connectivity index (χ4n) is 2.69. The van der Waals surface area contributed by atoms with Crippen molar-refractivity contribution in [2.75, 3.05) is 26.2 Å². The third-order valence-electron chi connectivity index (χ3n) is 4.04. The molecule has 2 rings (SSSR count). The highest BCUT2D eigenvalue weighted by molar-refractivity contribution is 5.32. The Bertz CT molecular complexity index is 402. The average molecular weight is 275 g/mol. The molecule has 0 amide bonds. The molecule has 0 spiro atoms. The molecule has 1 heterocycles. The summed E-state index contributed by atoms with van der Waals surface area (Å²) in [5.41, 5.74) is 1.53. The van der Waals surface area contributed by atoms with Gasteiger partial charge in [-0.05, 0) is 68.4 Å². The Morgan fingerprint density at radius 2 is 1.85 bits per heavy atom. The normalized spacial score (nSPS) is 16.6. The summed E-state index contributed by atoms with van der Waals surface area (Å²) in [5.74, 6) is 1.01. The molecule has 0 unspecified atom stereocenters. The number of unbranched alkanes of at least 4 members (excludes halogenated alkanes) is 1. The van der Waals surface area contributed by atoms with Crippen molar-refractivity contribution in [3.8, 4) is 5.75 Å². The zero-order valence-electron chi connectivity index (χ0n) is 13.3. The largest absolute Gasteiger partial charge is 0.494 e. The summed E-state index contributed by atoms with van der Waals surface area (Å²) in [6, 6.07) is 8.52. The van der Waals surface area contributed by atoms with Crippen LogP contribution in [0.25, 0.3) is 0 Å². The molecule has 0 aliphatic carbocycles. The highest BCUT2D eigenvalue weighted by Crippen LogP contribution is 2.25. The second-order valence-electron chi connectivity index (χ2n) is 6.88. The minimum absolute atomic E-state index is 0.190. The predicted molar refractivity (Wildman–Crippen MR) is 85.5 cm³/mol. The molecule has 1 aliphatic heterocycles. The van der Waals surface area contributed by atoms with Crippen molar-refractivity contribution in [1.82, 2.24) is 4.90 Å². The third kappa shape index (κ3) is 4.82. The Hall–Kier alpha value is -1.02. The number of hydrogen-bond acceptors (Lipinski definition) is 2. The van der Waals surface area contributed by atoms with Crippen molar-refractivity contribution in [3.63, 3.8) is 0 Å². The molecule has 0 saturated carbocycles. The molecule has 20 heavy (non-hydrogen) atoms. The van der Waals surface area contributed by atoms with Crippen molar-refractivity contribution >= 4 is 0 Å². The summed E-state index contributed by atoms with van der Waals surface area (Å²) in [5, 5.41) is 0. The lowest BCUT2D eigenvalue weighted by Gasteiger charge is -2.20. The molecular formula is C18H29NO. The molecule has 1 saturated heterocycles. The SMILES string of the molecule is CC(C)(C)c1cccc(OCCCCN2CCCC2)c1. The minimum atomic E-state index is 0.190. The summed E-state index contributed by atoms with van der Waals surface area (Å²) >= 11 is 0. The maximum absolute atomic E-state index is 5.89. The first-order chi connectivity index (χ1) is 9.55. The van der Waals surface area contributed by atoms with Crippen molar-refractivity contribution < 1.29 is 4.74 Å². The number of nitrogens with zero attached hydrogens (tertiary/aromatic N) is 1. The zero-order chi connectivity index (χ0) is 14.4. The maximum atomic E-state index is 5.89. The smallest absolute Gasteiger partial charge is 0.119 e. The first kappa shape index (κ1) is 15.4. The Morgan fingerprint density at radius 3 is 2.55 bits per heavy atom. The van der Waals surface area contributed by atoms with Gasteiger partial charge in [-0.25, -0.2) is 0 Å². The van der Waals surface area contributed by atoms with Crippen LogP contribution in [-0.4, -0.2) is 31.1 Å². The molecule has 2 nitrogen and oxygen atoms in total. The van der Waals surface area contributed by atoms with E-state index in [2.05, 4.69) is 49.9 Å². The molecule has 1 aliphatic rings. The van der Waals surface area contributed by atoms with E-state index in [1.165, 1.54) is 44.5 Å². The van der Waals surface area contributed by atoms with E-state index in [0.29, 0.717) is 0 Å². The molecule has 1 aromatic rings. The van der Waals surface area contributed by atoms with E-state index in [1.807, 2.05) is 0 Å². The number of hydrogen-bond donors (Lipinski definition) is 0. The van der Waals surface area contributed by atoms with Crippen LogP contribution in [0, 0.1) is 0 Å². The molecule has 112 valence electrons. The lowest BCUT2D eigenvalue weighted by atomic mass is 9.87. The van der Waals surface area contributed by atoms with E-state index in [1.54, 1.807) is 0 Å². The number of rotatable bonds is 6. The topological polar surface area (TPSA) is 12.5 Å². The Morgan fingerprint density at radius 1 is 1.10 bits per heavy atom. The number of likely N-dealkylation sites (tertiary alicyclic amines) is 1.